The lowest BCUT2D eigenvalue weighted by Gasteiger charge is -2.28. The molecule has 2 fully saturated rings. The lowest BCUT2D eigenvalue weighted by molar-refractivity contribution is 0.205. The van der Waals surface area contributed by atoms with E-state index in [4.69, 9.17) is 5.73 Å². The highest BCUT2D eigenvalue weighted by atomic mass is 15.2. The fraction of sp³-hybridized carbons (Fsp3) is 1.00. The van der Waals surface area contributed by atoms with Gasteiger partial charge in [-0.05, 0) is 31.2 Å². The van der Waals surface area contributed by atoms with Gasteiger partial charge in [-0.1, -0.05) is 20.3 Å². The fourth-order valence-corrected chi connectivity index (χ4v) is 2.86. The molecule has 2 heteroatoms. The molecule has 0 radical (unpaired) electrons. The summed E-state index contributed by atoms with van der Waals surface area (Å²) in [6.07, 6.45) is 5.25. The molecule has 2 atom stereocenters. The van der Waals surface area contributed by atoms with Gasteiger partial charge in [0.1, 0.15) is 0 Å². The van der Waals surface area contributed by atoms with Gasteiger partial charge in [-0.2, -0.15) is 0 Å². The van der Waals surface area contributed by atoms with Crippen LogP contribution in [0.15, 0.2) is 0 Å². The summed E-state index contributed by atoms with van der Waals surface area (Å²) in [5, 5.41) is 0. The Morgan fingerprint density at radius 3 is 2.54 bits per heavy atom. The summed E-state index contributed by atoms with van der Waals surface area (Å²) in [5.41, 5.74) is 6.64. The maximum Gasteiger partial charge on any atom is 0.0247 e. The second kappa shape index (κ2) is 3.25. The van der Waals surface area contributed by atoms with Crippen LogP contribution in [-0.2, 0) is 0 Å². The van der Waals surface area contributed by atoms with Crippen LogP contribution in [0.4, 0.5) is 0 Å². The summed E-state index contributed by atoms with van der Waals surface area (Å²) >= 11 is 0. The summed E-state index contributed by atoms with van der Waals surface area (Å²) in [7, 11) is 0. The average molecular weight is 182 g/mol. The minimum atomic E-state index is 0.453. The third-order valence-electron chi connectivity index (χ3n) is 3.71. The zero-order valence-electron chi connectivity index (χ0n) is 8.92. The van der Waals surface area contributed by atoms with E-state index in [2.05, 4.69) is 18.7 Å². The smallest absolute Gasteiger partial charge is 0.0247 e. The molecule has 0 aromatic heterocycles. The predicted molar refractivity (Wildman–Crippen MR) is 55.6 cm³/mol. The fourth-order valence-electron chi connectivity index (χ4n) is 2.86. The van der Waals surface area contributed by atoms with E-state index in [0.29, 0.717) is 17.5 Å². The first kappa shape index (κ1) is 9.47. The van der Waals surface area contributed by atoms with Crippen molar-refractivity contribution in [3.05, 3.63) is 0 Å². The number of nitrogens with two attached hydrogens (primary N) is 1. The van der Waals surface area contributed by atoms with Crippen molar-refractivity contribution in [2.75, 3.05) is 13.1 Å². The first-order chi connectivity index (χ1) is 6.08. The quantitative estimate of drug-likeness (QED) is 0.667. The van der Waals surface area contributed by atoms with Crippen LogP contribution in [0.3, 0.4) is 0 Å². The third-order valence-corrected chi connectivity index (χ3v) is 3.71. The van der Waals surface area contributed by atoms with Gasteiger partial charge in [0.2, 0.25) is 0 Å². The minimum Gasteiger partial charge on any atom is -0.326 e. The minimum absolute atomic E-state index is 0.453. The molecule has 0 amide bonds. The molecule has 0 spiro atoms. The largest absolute Gasteiger partial charge is 0.326 e. The van der Waals surface area contributed by atoms with E-state index in [1.54, 1.807) is 0 Å². The van der Waals surface area contributed by atoms with Crippen molar-refractivity contribution in [3.8, 4) is 0 Å². The summed E-state index contributed by atoms with van der Waals surface area (Å²) in [5.74, 6) is 0. The molecule has 1 aliphatic carbocycles. The maximum absolute atomic E-state index is 6.11. The summed E-state index contributed by atoms with van der Waals surface area (Å²) in [4.78, 5) is 2.62. The molecule has 0 aromatic carbocycles. The molecule has 1 heterocycles. The second-order valence-corrected chi connectivity index (χ2v) is 5.55. The van der Waals surface area contributed by atoms with Crippen molar-refractivity contribution in [2.24, 2.45) is 11.1 Å². The molecule has 1 saturated heterocycles. The molecule has 2 nitrogen and oxygen atoms in total. The highest BCUT2D eigenvalue weighted by molar-refractivity contribution is 4.93. The summed E-state index contributed by atoms with van der Waals surface area (Å²) < 4.78 is 0. The van der Waals surface area contributed by atoms with Crippen LogP contribution in [0.1, 0.15) is 39.5 Å². The zero-order chi connectivity index (χ0) is 9.47. The van der Waals surface area contributed by atoms with Crippen molar-refractivity contribution in [1.82, 2.24) is 4.90 Å². The molecule has 2 rings (SSSR count). The molecular weight excluding hydrogens is 160 g/mol. The first-order valence-corrected chi connectivity index (χ1v) is 5.58. The number of hydrogen-bond donors (Lipinski definition) is 1. The van der Waals surface area contributed by atoms with Crippen LogP contribution in [-0.4, -0.2) is 30.1 Å². The van der Waals surface area contributed by atoms with Gasteiger partial charge in [0.25, 0.3) is 0 Å². The van der Waals surface area contributed by atoms with Crippen LogP contribution >= 0.6 is 0 Å². The average Bonchev–Trinajstić information content (AvgIpc) is 2.56. The second-order valence-electron chi connectivity index (χ2n) is 5.55. The zero-order valence-corrected chi connectivity index (χ0v) is 8.92. The Bertz CT molecular complexity index is 189. The van der Waals surface area contributed by atoms with Gasteiger partial charge in [-0.15, -0.1) is 0 Å². The Morgan fingerprint density at radius 1 is 1.31 bits per heavy atom. The molecule has 2 aliphatic rings. The Hall–Kier alpha value is -0.0800. The number of hydrogen-bond acceptors (Lipinski definition) is 2. The number of nitrogens with zero attached hydrogens (tertiary/aromatic N) is 1. The van der Waals surface area contributed by atoms with Gasteiger partial charge in [0.05, 0.1) is 0 Å². The molecule has 1 saturated carbocycles. The lowest BCUT2D eigenvalue weighted by atomic mass is 9.93. The van der Waals surface area contributed by atoms with Crippen molar-refractivity contribution < 1.29 is 0 Å². The summed E-state index contributed by atoms with van der Waals surface area (Å²) in [6, 6.07) is 1.15. The molecule has 0 bridgehead atoms. The van der Waals surface area contributed by atoms with Crippen LogP contribution in [0.5, 0.6) is 0 Å². The van der Waals surface area contributed by atoms with Gasteiger partial charge in [-0.3, -0.25) is 4.90 Å². The van der Waals surface area contributed by atoms with Crippen LogP contribution in [0.2, 0.25) is 0 Å². The van der Waals surface area contributed by atoms with E-state index < -0.39 is 0 Å². The normalized spacial score (nSPS) is 39.9. The monoisotopic (exact) mass is 182 g/mol. The molecule has 2 N–H and O–H groups in total. The highest BCUT2D eigenvalue weighted by Gasteiger charge is 2.37. The molecule has 13 heavy (non-hydrogen) atoms. The lowest BCUT2D eigenvalue weighted by Crippen LogP contribution is -2.43. The maximum atomic E-state index is 6.11. The molecule has 76 valence electrons. The third kappa shape index (κ3) is 1.89. The first-order valence-electron chi connectivity index (χ1n) is 5.58. The topological polar surface area (TPSA) is 29.3 Å². The van der Waals surface area contributed by atoms with Gasteiger partial charge in [-0.25, -0.2) is 0 Å². The SMILES string of the molecule is CC1(C)CCN(C2CCCC2N)C1. The van der Waals surface area contributed by atoms with Gasteiger partial charge < -0.3 is 5.73 Å². The van der Waals surface area contributed by atoms with E-state index in [-0.39, 0.29) is 0 Å². The molecular formula is C11H22N2. The van der Waals surface area contributed by atoms with E-state index in [1.807, 2.05) is 0 Å². The van der Waals surface area contributed by atoms with Crippen molar-refractivity contribution in [3.63, 3.8) is 0 Å². The molecule has 2 unspecified atom stereocenters. The summed E-state index contributed by atoms with van der Waals surface area (Å²) in [6.45, 7) is 7.26. The number of likely N-dealkylation sites (tertiary alicyclic amines) is 1. The van der Waals surface area contributed by atoms with Crippen molar-refractivity contribution in [2.45, 2.75) is 51.6 Å². The van der Waals surface area contributed by atoms with E-state index in [0.717, 1.165) is 0 Å². The van der Waals surface area contributed by atoms with Gasteiger partial charge >= 0.3 is 0 Å². The Kier molecular flexibility index (Phi) is 2.37. The number of rotatable bonds is 1. The van der Waals surface area contributed by atoms with Crippen molar-refractivity contribution in [1.29, 1.82) is 0 Å². The Balaban J connectivity index is 1.95. The standard InChI is InChI=1S/C11H22N2/c1-11(2)6-7-13(8-11)10-5-3-4-9(10)12/h9-10H,3-8,12H2,1-2H3. The van der Waals surface area contributed by atoms with Crippen LogP contribution in [0, 0.1) is 5.41 Å². The predicted octanol–water partition coefficient (Wildman–Crippen LogP) is 1.60. The molecule has 1 aliphatic heterocycles. The van der Waals surface area contributed by atoms with Crippen LogP contribution < -0.4 is 5.73 Å². The highest BCUT2D eigenvalue weighted by Crippen LogP contribution is 2.34. The Morgan fingerprint density at radius 2 is 2.08 bits per heavy atom. The van der Waals surface area contributed by atoms with Gasteiger partial charge in [0, 0.05) is 18.6 Å². The van der Waals surface area contributed by atoms with Crippen LogP contribution in [0.25, 0.3) is 0 Å². The van der Waals surface area contributed by atoms with Crippen molar-refractivity contribution >= 4 is 0 Å². The Labute approximate surface area is 81.5 Å². The van der Waals surface area contributed by atoms with E-state index in [9.17, 15) is 0 Å². The molecule has 0 aromatic rings. The van der Waals surface area contributed by atoms with E-state index in [1.165, 1.54) is 38.8 Å². The van der Waals surface area contributed by atoms with Gasteiger partial charge in [0.15, 0.2) is 0 Å². The van der Waals surface area contributed by atoms with E-state index >= 15 is 0 Å².